The maximum Gasteiger partial charge on any atom is 0.335 e. The lowest BCUT2D eigenvalue weighted by Gasteiger charge is -2.22. The summed E-state index contributed by atoms with van der Waals surface area (Å²) in [6, 6.07) is 5.80. The zero-order valence-corrected chi connectivity index (χ0v) is 12.1. The van der Waals surface area contributed by atoms with E-state index in [1.807, 2.05) is 25.1 Å². The highest BCUT2D eigenvalue weighted by Crippen LogP contribution is 2.43. The number of ether oxygens (including phenoxy) is 1. The first-order valence-corrected chi connectivity index (χ1v) is 7.23. The molecule has 1 N–H and O–H groups in total. The molecular weight excluding hydrogens is 264 g/mol. The van der Waals surface area contributed by atoms with Gasteiger partial charge in [-0.15, -0.1) is 0 Å². The van der Waals surface area contributed by atoms with E-state index in [1.165, 1.54) is 6.08 Å². The zero-order valence-electron chi connectivity index (χ0n) is 12.1. The van der Waals surface area contributed by atoms with Crippen LogP contribution in [0.5, 0.6) is 11.5 Å². The molecule has 0 radical (unpaired) electrons. The molecule has 0 saturated carbocycles. The molecule has 3 rings (SSSR count). The molecule has 0 atom stereocenters. The van der Waals surface area contributed by atoms with Gasteiger partial charge in [0.05, 0.1) is 0 Å². The van der Waals surface area contributed by atoms with E-state index in [4.69, 9.17) is 4.74 Å². The van der Waals surface area contributed by atoms with Crippen LogP contribution in [0, 0.1) is 6.92 Å². The topological polar surface area (TPSA) is 46.5 Å². The van der Waals surface area contributed by atoms with Gasteiger partial charge in [-0.1, -0.05) is 24.3 Å². The van der Waals surface area contributed by atoms with E-state index in [0.29, 0.717) is 11.5 Å². The van der Waals surface area contributed by atoms with Crippen LogP contribution < -0.4 is 4.74 Å². The number of hydrogen-bond donors (Lipinski definition) is 1. The van der Waals surface area contributed by atoms with Gasteiger partial charge in [-0.05, 0) is 38.7 Å². The lowest BCUT2D eigenvalue weighted by molar-refractivity contribution is -0.128. The van der Waals surface area contributed by atoms with Crippen LogP contribution in [0.3, 0.4) is 0 Å². The van der Waals surface area contributed by atoms with Crippen LogP contribution in [-0.2, 0) is 17.6 Å². The highest BCUT2D eigenvalue weighted by Gasteiger charge is 2.23. The molecular formula is C18H18O3. The van der Waals surface area contributed by atoms with Crippen molar-refractivity contribution in [2.24, 2.45) is 0 Å². The SMILES string of the molecule is C=CC(=O)Oc1c2c(c(O)c3cc(C)ccc13)CCCC2. The van der Waals surface area contributed by atoms with Gasteiger partial charge in [0.1, 0.15) is 11.5 Å². The standard InChI is InChI=1S/C18H18O3/c1-3-16(19)21-18-13-7-5-4-6-12(13)17(20)15-10-11(2)8-9-14(15)18/h3,8-10,20H,1,4-7H2,2H3. The van der Waals surface area contributed by atoms with Gasteiger partial charge in [0, 0.05) is 28.0 Å². The third-order valence-electron chi connectivity index (χ3n) is 4.07. The number of phenols is 1. The van der Waals surface area contributed by atoms with Crippen molar-refractivity contribution >= 4 is 16.7 Å². The number of carbonyl (C=O) groups is 1. The Hall–Kier alpha value is -2.29. The van der Waals surface area contributed by atoms with E-state index in [2.05, 4.69) is 6.58 Å². The zero-order chi connectivity index (χ0) is 15.0. The second-order valence-corrected chi connectivity index (χ2v) is 5.52. The number of aryl methyl sites for hydroxylation is 1. The Morgan fingerprint density at radius 2 is 1.95 bits per heavy atom. The summed E-state index contributed by atoms with van der Waals surface area (Å²) in [5, 5.41) is 12.1. The van der Waals surface area contributed by atoms with Crippen molar-refractivity contribution in [1.29, 1.82) is 0 Å². The van der Waals surface area contributed by atoms with E-state index in [-0.39, 0.29) is 0 Å². The minimum atomic E-state index is -0.463. The van der Waals surface area contributed by atoms with Gasteiger partial charge in [-0.25, -0.2) is 4.79 Å². The number of aromatic hydroxyl groups is 1. The smallest absolute Gasteiger partial charge is 0.335 e. The second kappa shape index (κ2) is 5.24. The molecule has 0 bridgehead atoms. The van der Waals surface area contributed by atoms with Crippen LogP contribution in [0.1, 0.15) is 29.5 Å². The van der Waals surface area contributed by atoms with E-state index in [9.17, 15) is 9.90 Å². The Kier molecular flexibility index (Phi) is 3.42. The summed E-state index contributed by atoms with van der Waals surface area (Å²) in [7, 11) is 0. The predicted molar refractivity (Wildman–Crippen MR) is 82.8 cm³/mol. The van der Waals surface area contributed by atoms with E-state index in [0.717, 1.165) is 53.1 Å². The van der Waals surface area contributed by atoms with Crippen molar-refractivity contribution in [2.75, 3.05) is 0 Å². The molecule has 0 saturated heterocycles. The summed E-state index contributed by atoms with van der Waals surface area (Å²) in [5.74, 6) is 0.458. The largest absolute Gasteiger partial charge is 0.507 e. The van der Waals surface area contributed by atoms with Gasteiger partial charge in [0.15, 0.2) is 0 Å². The number of benzene rings is 2. The fraction of sp³-hybridized carbons (Fsp3) is 0.278. The highest BCUT2D eigenvalue weighted by molar-refractivity contribution is 5.98. The number of carbonyl (C=O) groups excluding carboxylic acids is 1. The Morgan fingerprint density at radius 3 is 2.67 bits per heavy atom. The highest BCUT2D eigenvalue weighted by atomic mass is 16.5. The molecule has 0 amide bonds. The van der Waals surface area contributed by atoms with Gasteiger partial charge >= 0.3 is 5.97 Å². The molecule has 0 spiro atoms. The van der Waals surface area contributed by atoms with Crippen molar-refractivity contribution in [3.05, 3.63) is 47.5 Å². The predicted octanol–water partition coefficient (Wildman–Crippen LogP) is 3.82. The molecule has 0 aliphatic heterocycles. The fourth-order valence-corrected chi connectivity index (χ4v) is 3.05. The first-order valence-electron chi connectivity index (χ1n) is 7.23. The number of fused-ring (bicyclic) bond motifs is 2. The van der Waals surface area contributed by atoms with Crippen LogP contribution in [0.15, 0.2) is 30.9 Å². The molecule has 108 valence electrons. The van der Waals surface area contributed by atoms with Gasteiger partial charge in [-0.2, -0.15) is 0 Å². The van der Waals surface area contributed by atoms with Gasteiger partial charge < -0.3 is 9.84 Å². The number of phenolic OH excluding ortho intramolecular Hbond substituents is 1. The number of esters is 1. The fourth-order valence-electron chi connectivity index (χ4n) is 3.05. The molecule has 2 aromatic rings. The third-order valence-corrected chi connectivity index (χ3v) is 4.07. The Balaban J connectivity index is 2.33. The van der Waals surface area contributed by atoms with Crippen LogP contribution in [-0.4, -0.2) is 11.1 Å². The number of hydrogen-bond acceptors (Lipinski definition) is 3. The maximum atomic E-state index is 11.7. The molecule has 0 unspecified atom stereocenters. The number of rotatable bonds is 2. The minimum absolute atomic E-state index is 0.335. The summed E-state index contributed by atoms with van der Waals surface area (Å²) < 4.78 is 5.50. The first kappa shape index (κ1) is 13.7. The summed E-state index contributed by atoms with van der Waals surface area (Å²) >= 11 is 0. The molecule has 2 aromatic carbocycles. The normalized spacial score (nSPS) is 13.8. The molecule has 21 heavy (non-hydrogen) atoms. The average molecular weight is 282 g/mol. The van der Waals surface area contributed by atoms with Gasteiger partial charge in [0.25, 0.3) is 0 Å². The van der Waals surface area contributed by atoms with Crippen molar-refractivity contribution < 1.29 is 14.6 Å². The van der Waals surface area contributed by atoms with Crippen molar-refractivity contribution in [3.8, 4) is 11.5 Å². The summed E-state index contributed by atoms with van der Waals surface area (Å²) in [5.41, 5.74) is 2.95. The minimum Gasteiger partial charge on any atom is -0.507 e. The Labute approximate surface area is 123 Å². The van der Waals surface area contributed by atoms with Crippen molar-refractivity contribution in [3.63, 3.8) is 0 Å². The molecule has 1 aliphatic rings. The van der Waals surface area contributed by atoms with Crippen molar-refractivity contribution in [2.45, 2.75) is 32.6 Å². The van der Waals surface area contributed by atoms with Crippen molar-refractivity contribution in [1.82, 2.24) is 0 Å². The Bertz CT molecular complexity index is 744. The molecule has 0 fully saturated rings. The third kappa shape index (κ3) is 2.29. The first-order chi connectivity index (χ1) is 10.1. The van der Waals surface area contributed by atoms with Gasteiger partial charge in [-0.3, -0.25) is 0 Å². The van der Waals surface area contributed by atoms with E-state index < -0.39 is 5.97 Å². The molecule has 0 heterocycles. The quantitative estimate of drug-likeness (QED) is 0.517. The lowest BCUT2D eigenvalue weighted by atomic mass is 9.87. The van der Waals surface area contributed by atoms with Crippen LogP contribution in [0.25, 0.3) is 10.8 Å². The lowest BCUT2D eigenvalue weighted by Crippen LogP contribution is -2.11. The maximum absolute atomic E-state index is 11.7. The van der Waals surface area contributed by atoms with Gasteiger partial charge in [0.2, 0.25) is 0 Å². The van der Waals surface area contributed by atoms with Crippen LogP contribution >= 0.6 is 0 Å². The van der Waals surface area contributed by atoms with E-state index >= 15 is 0 Å². The summed E-state index contributed by atoms with van der Waals surface area (Å²) in [6.45, 7) is 5.44. The van der Waals surface area contributed by atoms with E-state index in [1.54, 1.807) is 0 Å². The molecule has 3 nitrogen and oxygen atoms in total. The molecule has 1 aliphatic carbocycles. The second-order valence-electron chi connectivity index (χ2n) is 5.52. The van der Waals surface area contributed by atoms with Crippen LogP contribution in [0.2, 0.25) is 0 Å². The average Bonchev–Trinajstić information content (AvgIpc) is 2.51. The molecule has 3 heteroatoms. The Morgan fingerprint density at radius 1 is 1.24 bits per heavy atom. The summed E-state index contributed by atoms with van der Waals surface area (Å²) in [4.78, 5) is 11.7. The van der Waals surface area contributed by atoms with Crippen LogP contribution in [0.4, 0.5) is 0 Å². The summed E-state index contributed by atoms with van der Waals surface area (Å²) in [6.07, 6.45) is 4.91. The monoisotopic (exact) mass is 282 g/mol. The molecule has 0 aromatic heterocycles.